The molecule has 3 aromatic carbocycles. The predicted molar refractivity (Wildman–Crippen MR) is 173 cm³/mol. The normalized spacial score (nSPS) is 13.1. The van der Waals surface area contributed by atoms with E-state index in [-0.39, 0.29) is 11.6 Å². The highest BCUT2D eigenvalue weighted by Gasteiger charge is 2.20. The number of aromatic nitrogens is 4. The lowest BCUT2D eigenvalue weighted by atomic mass is 10.0. The third-order valence-corrected chi connectivity index (χ3v) is 7.72. The van der Waals surface area contributed by atoms with Gasteiger partial charge in [0.1, 0.15) is 11.6 Å². The monoisotopic (exact) mass is 608 g/mol. The van der Waals surface area contributed by atoms with E-state index in [1.165, 1.54) is 19.1 Å². The molecule has 12 heteroatoms. The molecule has 1 aliphatic heterocycles. The molecule has 3 amide bonds. The molecule has 3 N–H and O–H groups in total. The molecule has 0 unspecified atom stereocenters. The Morgan fingerprint density at radius 2 is 1.58 bits per heavy atom. The molecule has 3 heterocycles. The highest BCUT2D eigenvalue weighted by Crippen LogP contribution is 2.34. The molecule has 0 spiro atoms. The Bertz CT molecular complexity index is 1920. The molecule has 2 aromatic heterocycles. The maximum absolute atomic E-state index is 14.5. The van der Waals surface area contributed by atoms with Gasteiger partial charge in [0.25, 0.3) is 0 Å². The molecule has 230 valence electrons. The average Bonchev–Trinajstić information content (AvgIpc) is 3.28. The van der Waals surface area contributed by atoms with Crippen LogP contribution in [-0.2, 0) is 16.6 Å². The minimum atomic E-state index is -0.673. The molecule has 5 aromatic rings. The summed E-state index contributed by atoms with van der Waals surface area (Å²) in [6.45, 7) is 8.09. The van der Waals surface area contributed by atoms with E-state index < -0.39 is 11.8 Å². The highest BCUT2D eigenvalue weighted by atomic mass is 19.1. The van der Waals surface area contributed by atoms with Crippen molar-refractivity contribution >= 4 is 45.7 Å². The Morgan fingerprint density at radius 3 is 2.24 bits per heavy atom. The molecular formula is C33H33FN8O3. The van der Waals surface area contributed by atoms with Crippen molar-refractivity contribution in [3.8, 4) is 22.5 Å². The van der Waals surface area contributed by atoms with E-state index in [4.69, 9.17) is 14.7 Å². The fourth-order valence-electron chi connectivity index (χ4n) is 5.49. The molecule has 1 saturated heterocycles. The van der Waals surface area contributed by atoms with Gasteiger partial charge in [-0.3, -0.25) is 9.48 Å². The molecule has 0 radical (unpaired) electrons. The van der Waals surface area contributed by atoms with Crippen LogP contribution in [0.5, 0.6) is 0 Å². The van der Waals surface area contributed by atoms with Crippen LogP contribution in [0.15, 0.2) is 60.7 Å². The lowest BCUT2D eigenvalue weighted by molar-refractivity contribution is -0.114. The number of rotatable bonds is 6. The van der Waals surface area contributed by atoms with Gasteiger partial charge in [0.15, 0.2) is 5.82 Å². The summed E-state index contributed by atoms with van der Waals surface area (Å²) in [6.07, 6.45) is 0. The maximum atomic E-state index is 14.5. The summed E-state index contributed by atoms with van der Waals surface area (Å²) >= 11 is 0. The maximum Gasteiger partial charge on any atom is 0.323 e. The summed E-state index contributed by atoms with van der Waals surface area (Å²) in [5.41, 5.74) is 6.53. The van der Waals surface area contributed by atoms with E-state index in [1.807, 2.05) is 30.8 Å². The molecule has 11 nitrogen and oxygen atoms in total. The number of hydrogen-bond acceptors (Lipinski definition) is 7. The lowest BCUT2D eigenvalue weighted by Gasteiger charge is -2.29. The standard InChI is InChI=1S/C33H33FN8O3/c1-19-30(20(2)41(4)40-19)23-7-11-26-29(17-23)37-31(39-32(26)42-13-15-45-16-14-42)22-5-8-24(9-6-22)36-33(44)38-28-12-10-25(18-27(28)34)35-21(3)43/h5-12,17-18H,13-16H2,1-4H3,(H,35,43)(H2,36,38,44). The summed E-state index contributed by atoms with van der Waals surface area (Å²) in [6, 6.07) is 16.8. The molecule has 1 aliphatic rings. The van der Waals surface area contributed by atoms with Crippen molar-refractivity contribution in [3.05, 3.63) is 77.9 Å². The van der Waals surface area contributed by atoms with Gasteiger partial charge >= 0.3 is 6.03 Å². The minimum absolute atomic E-state index is 0.0190. The van der Waals surface area contributed by atoms with E-state index in [2.05, 4.69) is 51.1 Å². The van der Waals surface area contributed by atoms with Crippen molar-refractivity contribution in [2.45, 2.75) is 20.8 Å². The number of amides is 3. The molecule has 0 aliphatic carbocycles. The van der Waals surface area contributed by atoms with Gasteiger partial charge in [-0.25, -0.2) is 19.2 Å². The van der Waals surface area contributed by atoms with Crippen LogP contribution >= 0.6 is 0 Å². The third kappa shape index (κ3) is 6.31. The van der Waals surface area contributed by atoms with E-state index in [9.17, 15) is 14.0 Å². The summed E-state index contributed by atoms with van der Waals surface area (Å²) in [4.78, 5) is 36.0. The number of halogens is 1. The zero-order chi connectivity index (χ0) is 31.7. The fraction of sp³-hybridized carbons (Fsp3) is 0.242. The van der Waals surface area contributed by atoms with Crippen LogP contribution in [0.1, 0.15) is 18.3 Å². The van der Waals surface area contributed by atoms with Gasteiger partial charge in [-0.1, -0.05) is 6.07 Å². The first-order valence-electron chi connectivity index (χ1n) is 14.6. The smallest absolute Gasteiger partial charge is 0.323 e. The Balaban J connectivity index is 1.27. The van der Waals surface area contributed by atoms with Crippen molar-refractivity contribution in [2.24, 2.45) is 7.05 Å². The number of urea groups is 1. The second kappa shape index (κ2) is 12.3. The number of anilines is 4. The number of benzene rings is 3. The van der Waals surface area contributed by atoms with Crippen LogP contribution in [0.2, 0.25) is 0 Å². The first kappa shape index (κ1) is 29.7. The van der Waals surface area contributed by atoms with Crippen LogP contribution in [0, 0.1) is 19.7 Å². The molecule has 0 saturated carbocycles. The zero-order valence-electron chi connectivity index (χ0n) is 25.4. The lowest BCUT2D eigenvalue weighted by Crippen LogP contribution is -2.37. The van der Waals surface area contributed by atoms with Gasteiger partial charge in [-0.2, -0.15) is 5.10 Å². The van der Waals surface area contributed by atoms with Crippen LogP contribution in [-0.4, -0.2) is 58.0 Å². The van der Waals surface area contributed by atoms with Gasteiger partial charge < -0.3 is 25.6 Å². The minimum Gasteiger partial charge on any atom is -0.378 e. The van der Waals surface area contributed by atoms with Crippen molar-refractivity contribution < 1.29 is 18.7 Å². The molecule has 6 rings (SSSR count). The van der Waals surface area contributed by atoms with Crippen molar-refractivity contribution in [2.75, 3.05) is 47.2 Å². The van der Waals surface area contributed by atoms with E-state index in [0.717, 1.165) is 64.0 Å². The number of carbonyl (C=O) groups excluding carboxylic acids is 2. The Kier molecular flexibility index (Phi) is 8.14. The number of aryl methyl sites for hydroxylation is 2. The number of nitrogens with zero attached hydrogens (tertiary/aromatic N) is 5. The van der Waals surface area contributed by atoms with Crippen LogP contribution in [0.25, 0.3) is 33.4 Å². The second-order valence-corrected chi connectivity index (χ2v) is 10.9. The quantitative estimate of drug-likeness (QED) is 0.219. The number of ether oxygens (including phenoxy) is 1. The van der Waals surface area contributed by atoms with Gasteiger partial charge in [0.2, 0.25) is 5.91 Å². The van der Waals surface area contributed by atoms with Crippen LogP contribution in [0.3, 0.4) is 0 Å². The largest absolute Gasteiger partial charge is 0.378 e. The number of fused-ring (bicyclic) bond motifs is 1. The van der Waals surface area contributed by atoms with Gasteiger partial charge in [0, 0.05) is 60.6 Å². The van der Waals surface area contributed by atoms with Crippen LogP contribution < -0.4 is 20.9 Å². The number of hydrogen-bond donors (Lipinski definition) is 3. The van der Waals surface area contributed by atoms with E-state index >= 15 is 0 Å². The fourth-order valence-corrected chi connectivity index (χ4v) is 5.49. The van der Waals surface area contributed by atoms with Gasteiger partial charge in [-0.05, 0) is 74.0 Å². The highest BCUT2D eigenvalue weighted by molar-refractivity contribution is 6.00. The first-order chi connectivity index (χ1) is 21.7. The summed E-state index contributed by atoms with van der Waals surface area (Å²) in [7, 11) is 1.94. The molecule has 0 bridgehead atoms. The second-order valence-electron chi connectivity index (χ2n) is 10.9. The van der Waals surface area contributed by atoms with Gasteiger partial charge in [-0.15, -0.1) is 0 Å². The summed E-state index contributed by atoms with van der Waals surface area (Å²) in [5.74, 6) is 0.409. The zero-order valence-corrected chi connectivity index (χ0v) is 25.4. The number of morpholine rings is 1. The van der Waals surface area contributed by atoms with E-state index in [1.54, 1.807) is 12.1 Å². The molecule has 45 heavy (non-hydrogen) atoms. The predicted octanol–water partition coefficient (Wildman–Crippen LogP) is 5.89. The Hall–Kier alpha value is -5.36. The topological polar surface area (TPSA) is 126 Å². The molecule has 0 atom stereocenters. The van der Waals surface area contributed by atoms with Crippen molar-refractivity contribution in [3.63, 3.8) is 0 Å². The van der Waals surface area contributed by atoms with Crippen molar-refractivity contribution in [1.29, 1.82) is 0 Å². The molecule has 1 fully saturated rings. The summed E-state index contributed by atoms with van der Waals surface area (Å²) in [5, 5.41) is 13.3. The third-order valence-electron chi connectivity index (χ3n) is 7.72. The SMILES string of the molecule is CC(=O)Nc1ccc(NC(=O)Nc2ccc(-c3nc(N4CCOCC4)c4ccc(-c5c(C)nn(C)c5C)cc4n3)cc2)c(F)c1. The number of nitrogens with one attached hydrogen (secondary N) is 3. The van der Waals surface area contributed by atoms with Gasteiger partial charge in [0.05, 0.1) is 30.1 Å². The first-order valence-corrected chi connectivity index (χ1v) is 14.6. The Morgan fingerprint density at radius 1 is 0.867 bits per heavy atom. The van der Waals surface area contributed by atoms with Crippen LogP contribution in [0.4, 0.5) is 32.1 Å². The van der Waals surface area contributed by atoms with E-state index in [0.29, 0.717) is 30.4 Å². The average molecular weight is 609 g/mol. The van der Waals surface area contributed by atoms with Crippen molar-refractivity contribution in [1.82, 2.24) is 19.7 Å². The summed E-state index contributed by atoms with van der Waals surface area (Å²) < 4.78 is 21.9. The Labute approximate surface area is 259 Å². The molecular weight excluding hydrogens is 575 g/mol. The number of carbonyl (C=O) groups is 2.